The van der Waals surface area contributed by atoms with Crippen molar-refractivity contribution >= 4 is 17.8 Å². The molecule has 0 radical (unpaired) electrons. The molecule has 1 heterocycles. The van der Waals surface area contributed by atoms with Crippen LogP contribution in [0.15, 0.2) is 0 Å². The summed E-state index contributed by atoms with van der Waals surface area (Å²) in [6.45, 7) is 0.761. The van der Waals surface area contributed by atoms with Gasteiger partial charge in [0.05, 0.1) is 6.04 Å². The second-order valence-corrected chi connectivity index (χ2v) is 4.05. The molecule has 0 aliphatic carbocycles. The summed E-state index contributed by atoms with van der Waals surface area (Å²) in [5.74, 6) is -2.07. The minimum absolute atomic E-state index is 0.0170. The highest BCUT2D eigenvalue weighted by molar-refractivity contribution is 5.87. The molecule has 1 aliphatic rings. The fraction of sp³-hybridized carbons (Fsp3) is 0.700. The molecule has 1 unspecified atom stereocenters. The lowest BCUT2D eigenvalue weighted by Crippen LogP contribution is -2.48. The molecule has 0 aromatic rings. The van der Waals surface area contributed by atoms with Crippen LogP contribution in [-0.2, 0) is 14.4 Å². The van der Waals surface area contributed by atoms with Gasteiger partial charge in [0.2, 0.25) is 11.8 Å². The van der Waals surface area contributed by atoms with Gasteiger partial charge in [-0.15, -0.1) is 0 Å². The monoisotopic (exact) mass is 243 g/mol. The van der Waals surface area contributed by atoms with Gasteiger partial charge in [-0.1, -0.05) is 0 Å². The number of primary amides is 1. The molecule has 7 heteroatoms. The van der Waals surface area contributed by atoms with Crippen molar-refractivity contribution in [2.75, 3.05) is 6.54 Å². The van der Waals surface area contributed by atoms with Crippen molar-refractivity contribution in [3.8, 4) is 0 Å². The van der Waals surface area contributed by atoms with Crippen LogP contribution in [0.2, 0.25) is 0 Å². The van der Waals surface area contributed by atoms with Gasteiger partial charge < -0.3 is 21.5 Å². The summed E-state index contributed by atoms with van der Waals surface area (Å²) in [5, 5.41) is 14.3. The zero-order chi connectivity index (χ0) is 12.8. The number of carbonyl (C=O) groups excluding carboxylic acids is 2. The predicted octanol–water partition coefficient (Wildman–Crippen LogP) is -1.43. The first kappa shape index (κ1) is 13.4. The molecule has 1 rings (SSSR count). The number of carboxylic acid groups (broad SMARTS) is 1. The van der Waals surface area contributed by atoms with Gasteiger partial charge in [0, 0.05) is 6.42 Å². The van der Waals surface area contributed by atoms with E-state index in [1.165, 1.54) is 0 Å². The average molecular weight is 243 g/mol. The third-order valence-electron chi connectivity index (χ3n) is 2.67. The summed E-state index contributed by atoms with van der Waals surface area (Å²) in [4.78, 5) is 33.1. The van der Waals surface area contributed by atoms with E-state index < -0.39 is 17.9 Å². The van der Waals surface area contributed by atoms with Gasteiger partial charge in [0.15, 0.2) is 0 Å². The second kappa shape index (κ2) is 6.19. The quantitative estimate of drug-likeness (QED) is 0.456. The molecule has 0 aromatic carbocycles. The van der Waals surface area contributed by atoms with Gasteiger partial charge in [-0.2, -0.15) is 0 Å². The number of hydrogen-bond donors (Lipinski definition) is 4. The minimum atomic E-state index is -1.16. The highest BCUT2D eigenvalue weighted by atomic mass is 16.4. The van der Waals surface area contributed by atoms with Gasteiger partial charge in [0.1, 0.15) is 6.04 Å². The van der Waals surface area contributed by atoms with Crippen LogP contribution in [0.1, 0.15) is 25.7 Å². The molecule has 0 saturated carbocycles. The highest BCUT2D eigenvalue weighted by Gasteiger charge is 2.27. The average Bonchev–Trinajstić information content (AvgIpc) is 2.76. The first-order valence-electron chi connectivity index (χ1n) is 5.55. The molecule has 2 atom stereocenters. The third kappa shape index (κ3) is 4.39. The molecule has 0 aromatic heterocycles. The molecule has 1 saturated heterocycles. The fourth-order valence-corrected chi connectivity index (χ4v) is 1.72. The van der Waals surface area contributed by atoms with Crippen molar-refractivity contribution < 1.29 is 19.5 Å². The SMILES string of the molecule is NC(=O)CCC(NC(=O)[C@@H]1CCCN1)C(=O)O. The molecule has 0 bridgehead atoms. The van der Waals surface area contributed by atoms with Gasteiger partial charge in [-0.25, -0.2) is 4.79 Å². The minimum Gasteiger partial charge on any atom is -0.480 e. The van der Waals surface area contributed by atoms with Crippen molar-refractivity contribution in [3.05, 3.63) is 0 Å². The van der Waals surface area contributed by atoms with Crippen LogP contribution < -0.4 is 16.4 Å². The van der Waals surface area contributed by atoms with Crippen LogP contribution in [0.3, 0.4) is 0 Å². The molecule has 1 aliphatic heterocycles. The summed E-state index contributed by atoms with van der Waals surface area (Å²) in [7, 11) is 0. The largest absolute Gasteiger partial charge is 0.480 e. The number of carboxylic acids is 1. The zero-order valence-corrected chi connectivity index (χ0v) is 9.44. The van der Waals surface area contributed by atoms with Crippen LogP contribution in [0, 0.1) is 0 Å². The van der Waals surface area contributed by atoms with Crippen LogP contribution in [0.25, 0.3) is 0 Å². The van der Waals surface area contributed by atoms with Gasteiger partial charge in [-0.3, -0.25) is 9.59 Å². The normalized spacial score (nSPS) is 20.8. The van der Waals surface area contributed by atoms with Crippen molar-refractivity contribution in [3.63, 3.8) is 0 Å². The topological polar surface area (TPSA) is 122 Å². The number of amides is 2. The Bertz CT molecular complexity index is 313. The fourth-order valence-electron chi connectivity index (χ4n) is 1.72. The predicted molar refractivity (Wildman–Crippen MR) is 59.0 cm³/mol. The molecule has 2 amide bonds. The van der Waals surface area contributed by atoms with Gasteiger partial charge >= 0.3 is 5.97 Å². The Kier molecular flexibility index (Phi) is 4.89. The first-order chi connectivity index (χ1) is 8.00. The van der Waals surface area contributed by atoms with E-state index in [0.29, 0.717) is 6.42 Å². The summed E-state index contributed by atoms with van der Waals surface area (Å²) in [5.41, 5.74) is 4.94. The molecule has 96 valence electrons. The summed E-state index contributed by atoms with van der Waals surface area (Å²) in [6.07, 6.45) is 1.56. The Labute approximate surface area is 98.7 Å². The number of carbonyl (C=O) groups is 3. The van der Waals surface area contributed by atoms with E-state index in [-0.39, 0.29) is 24.8 Å². The van der Waals surface area contributed by atoms with Crippen LogP contribution >= 0.6 is 0 Å². The summed E-state index contributed by atoms with van der Waals surface area (Å²) < 4.78 is 0. The van der Waals surface area contributed by atoms with E-state index in [1.54, 1.807) is 0 Å². The molecule has 0 spiro atoms. The lowest BCUT2D eigenvalue weighted by Gasteiger charge is -2.16. The van der Waals surface area contributed by atoms with E-state index in [0.717, 1.165) is 13.0 Å². The maximum atomic E-state index is 11.7. The maximum absolute atomic E-state index is 11.7. The van der Waals surface area contributed by atoms with Gasteiger partial charge in [0.25, 0.3) is 0 Å². The second-order valence-electron chi connectivity index (χ2n) is 4.05. The Balaban J connectivity index is 2.44. The van der Waals surface area contributed by atoms with Crippen molar-refractivity contribution in [2.24, 2.45) is 5.73 Å². The molecule has 1 fully saturated rings. The van der Waals surface area contributed by atoms with Crippen molar-refractivity contribution in [1.29, 1.82) is 0 Å². The highest BCUT2D eigenvalue weighted by Crippen LogP contribution is 2.06. The molecule has 5 N–H and O–H groups in total. The van der Waals surface area contributed by atoms with Crippen molar-refractivity contribution in [1.82, 2.24) is 10.6 Å². The molecular formula is C10H17N3O4. The molecule has 7 nitrogen and oxygen atoms in total. The Morgan fingerprint density at radius 3 is 2.65 bits per heavy atom. The smallest absolute Gasteiger partial charge is 0.326 e. The number of nitrogens with one attached hydrogen (secondary N) is 2. The lowest BCUT2D eigenvalue weighted by atomic mass is 10.1. The lowest BCUT2D eigenvalue weighted by molar-refractivity contribution is -0.142. The van der Waals surface area contributed by atoms with E-state index >= 15 is 0 Å². The van der Waals surface area contributed by atoms with E-state index in [9.17, 15) is 14.4 Å². The first-order valence-corrected chi connectivity index (χ1v) is 5.55. The Morgan fingerprint density at radius 2 is 2.18 bits per heavy atom. The van der Waals surface area contributed by atoms with E-state index in [2.05, 4.69) is 10.6 Å². The van der Waals surface area contributed by atoms with E-state index in [4.69, 9.17) is 10.8 Å². The van der Waals surface area contributed by atoms with Crippen LogP contribution in [0.5, 0.6) is 0 Å². The molecular weight excluding hydrogens is 226 g/mol. The number of aliphatic carboxylic acids is 1. The maximum Gasteiger partial charge on any atom is 0.326 e. The van der Waals surface area contributed by atoms with Crippen LogP contribution in [-0.4, -0.2) is 41.5 Å². The van der Waals surface area contributed by atoms with E-state index in [1.807, 2.05) is 0 Å². The number of rotatable bonds is 6. The number of hydrogen-bond acceptors (Lipinski definition) is 4. The molecule has 17 heavy (non-hydrogen) atoms. The van der Waals surface area contributed by atoms with Gasteiger partial charge in [-0.05, 0) is 25.8 Å². The third-order valence-corrected chi connectivity index (χ3v) is 2.67. The Hall–Kier alpha value is -1.63. The van der Waals surface area contributed by atoms with Crippen LogP contribution in [0.4, 0.5) is 0 Å². The zero-order valence-electron chi connectivity index (χ0n) is 9.44. The summed E-state index contributed by atoms with van der Waals surface area (Å²) >= 11 is 0. The Morgan fingerprint density at radius 1 is 1.47 bits per heavy atom. The summed E-state index contributed by atoms with van der Waals surface area (Å²) in [6, 6.07) is -1.39. The number of nitrogens with two attached hydrogens (primary N) is 1. The van der Waals surface area contributed by atoms with Crippen molar-refractivity contribution in [2.45, 2.75) is 37.8 Å². The standard InChI is InChI=1S/C10H17N3O4/c11-8(14)4-3-7(10(16)17)13-9(15)6-2-1-5-12-6/h6-7,12H,1-5H2,(H2,11,14)(H,13,15)(H,16,17)/t6-,7?/m0/s1.